The van der Waals surface area contributed by atoms with Gasteiger partial charge in [0.05, 0.1) is 13.2 Å². The summed E-state index contributed by atoms with van der Waals surface area (Å²) in [6.45, 7) is 4.78. The Balaban J connectivity index is 1.90. The van der Waals surface area contributed by atoms with Crippen molar-refractivity contribution >= 4 is 5.82 Å². The minimum Gasteiger partial charge on any atom is -0.378 e. The molecule has 1 aromatic heterocycles. The van der Waals surface area contributed by atoms with Crippen LogP contribution in [0.5, 0.6) is 0 Å². The van der Waals surface area contributed by atoms with Gasteiger partial charge in [0, 0.05) is 25.2 Å². The van der Waals surface area contributed by atoms with E-state index in [9.17, 15) is 4.79 Å². The second-order valence-electron chi connectivity index (χ2n) is 3.82. The summed E-state index contributed by atoms with van der Waals surface area (Å²) in [6, 6.07) is 1.73. The Morgan fingerprint density at radius 1 is 1.69 bits per heavy atom. The molecule has 0 bridgehead atoms. The molecule has 0 aromatic carbocycles. The molecule has 2 heterocycles. The lowest BCUT2D eigenvalue weighted by Gasteiger charge is -2.24. The molecule has 0 saturated carbocycles. The van der Waals surface area contributed by atoms with Crippen LogP contribution in [0, 0.1) is 6.92 Å². The van der Waals surface area contributed by atoms with Gasteiger partial charge < -0.3 is 20.4 Å². The van der Waals surface area contributed by atoms with Crippen molar-refractivity contribution in [2.75, 3.05) is 31.6 Å². The van der Waals surface area contributed by atoms with Crippen LogP contribution >= 0.6 is 0 Å². The SMILES string of the molecule is Cc1nc(NCC2COCCN2)cc(=O)[nH]1. The molecule has 0 spiro atoms. The summed E-state index contributed by atoms with van der Waals surface area (Å²) in [7, 11) is 0. The van der Waals surface area contributed by atoms with Crippen LogP contribution in [0.4, 0.5) is 5.82 Å². The molecule has 1 aliphatic rings. The van der Waals surface area contributed by atoms with Gasteiger partial charge in [-0.25, -0.2) is 4.98 Å². The van der Waals surface area contributed by atoms with Crippen molar-refractivity contribution in [3.8, 4) is 0 Å². The maximum Gasteiger partial charge on any atom is 0.252 e. The topological polar surface area (TPSA) is 79.0 Å². The normalized spacial score (nSPS) is 20.7. The summed E-state index contributed by atoms with van der Waals surface area (Å²) < 4.78 is 5.33. The number of hydrogen-bond acceptors (Lipinski definition) is 5. The fourth-order valence-electron chi connectivity index (χ4n) is 1.65. The molecule has 1 saturated heterocycles. The smallest absolute Gasteiger partial charge is 0.252 e. The van der Waals surface area contributed by atoms with E-state index in [-0.39, 0.29) is 11.6 Å². The van der Waals surface area contributed by atoms with Gasteiger partial charge in [-0.05, 0) is 6.92 Å². The first-order chi connectivity index (χ1) is 7.74. The second kappa shape index (κ2) is 5.09. The van der Waals surface area contributed by atoms with E-state index in [4.69, 9.17) is 4.74 Å². The number of H-pyrrole nitrogens is 1. The van der Waals surface area contributed by atoms with E-state index in [2.05, 4.69) is 20.6 Å². The summed E-state index contributed by atoms with van der Waals surface area (Å²) >= 11 is 0. The molecule has 1 atom stereocenters. The highest BCUT2D eigenvalue weighted by Crippen LogP contribution is 1.99. The molecule has 88 valence electrons. The Morgan fingerprint density at radius 2 is 2.56 bits per heavy atom. The molecule has 2 rings (SSSR count). The number of rotatable bonds is 3. The number of nitrogens with one attached hydrogen (secondary N) is 3. The lowest BCUT2D eigenvalue weighted by atomic mass is 10.3. The van der Waals surface area contributed by atoms with Gasteiger partial charge >= 0.3 is 0 Å². The van der Waals surface area contributed by atoms with E-state index in [1.807, 2.05) is 0 Å². The minimum absolute atomic E-state index is 0.136. The number of aryl methyl sites for hydroxylation is 1. The van der Waals surface area contributed by atoms with Crippen LogP contribution in [0.2, 0.25) is 0 Å². The summed E-state index contributed by atoms with van der Waals surface area (Å²) in [5.74, 6) is 1.22. The molecule has 1 aromatic rings. The molecule has 1 fully saturated rings. The first-order valence-corrected chi connectivity index (χ1v) is 5.37. The Hall–Kier alpha value is -1.40. The first-order valence-electron chi connectivity index (χ1n) is 5.37. The third-order valence-electron chi connectivity index (χ3n) is 2.39. The standard InChI is InChI=1S/C10H16N4O2/c1-7-13-9(4-10(15)14-7)12-5-8-6-16-3-2-11-8/h4,8,11H,2-3,5-6H2,1H3,(H2,12,13,14,15). The van der Waals surface area contributed by atoms with Crippen molar-refractivity contribution in [3.05, 3.63) is 22.2 Å². The fourth-order valence-corrected chi connectivity index (χ4v) is 1.65. The number of ether oxygens (including phenoxy) is 1. The van der Waals surface area contributed by atoms with Crippen LogP contribution < -0.4 is 16.2 Å². The van der Waals surface area contributed by atoms with E-state index in [1.54, 1.807) is 6.92 Å². The summed E-state index contributed by atoms with van der Waals surface area (Å²) in [5, 5.41) is 6.44. The van der Waals surface area contributed by atoms with Gasteiger partial charge in [0.25, 0.3) is 5.56 Å². The largest absolute Gasteiger partial charge is 0.378 e. The molecular weight excluding hydrogens is 208 g/mol. The highest BCUT2D eigenvalue weighted by Gasteiger charge is 2.12. The van der Waals surface area contributed by atoms with E-state index in [0.717, 1.165) is 13.2 Å². The zero-order chi connectivity index (χ0) is 11.4. The Morgan fingerprint density at radius 3 is 3.25 bits per heavy atom. The van der Waals surface area contributed by atoms with Crippen LogP contribution in [0.25, 0.3) is 0 Å². The molecule has 16 heavy (non-hydrogen) atoms. The third kappa shape index (κ3) is 3.04. The van der Waals surface area contributed by atoms with Crippen molar-refractivity contribution in [2.45, 2.75) is 13.0 Å². The highest BCUT2D eigenvalue weighted by molar-refractivity contribution is 5.33. The zero-order valence-corrected chi connectivity index (χ0v) is 9.25. The van der Waals surface area contributed by atoms with Crippen LogP contribution in [0.15, 0.2) is 10.9 Å². The molecule has 0 aliphatic carbocycles. The van der Waals surface area contributed by atoms with Crippen LogP contribution in [0.1, 0.15) is 5.82 Å². The van der Waals surface area contributed by atoms with Crippen molar-refractivity contribution < 1.29 is 4.74 Å². The van der Waals surface area contributed by atoms with E-state index in [0.29, 0.717) is 24.8 Å². The summed E-state index contributed by atoms with van der Waals surface area (Å²) in [6.07, 6.45) is 0. The molecule has 1 unspecified atom stereocenters. The van der Waals surface area contributed by atoms with Gasteiger partial charge in [-0.3, -0.25) is 4.79 Å². The van der Waals surface area contributed by atoms with Gasteiger partial charge in [0.1, 0.15) is 11.6 Å². The molecular formula is C10H16N4O2. The summed E-state index contributed by atoms with van der Waals surface area (Å²) in [5.41, 5.74) is -0.136. The predicted octanol–water partition coefficient (Wildman–Crippen LogP) is -0.521. The van der Waals surface area contributed by atoms with Crippen LogP contribution in [0.3, 0.4) is 0 Å². The molecule has 0 amide bonds. The minimum atomic E-state index is -0.136. The average Bonchev–Trinajstić information content (AvgIpc) is 2.27. The maximum atomic E-state index is 11.2. The fraction of sp³-hybridized carbons (Fsp3) is 0.600. The van der Waals surface area contributed by atoms with E-state index < -0.39 is 0 Å². The predicted molar refractivity (Wildman–Crippen MR) is 60.7 cm³/mol. The van der Waals surface area contributed by atoms with Crippen molar-refractivity contribution in [1.29, 1.82) is 0 Å². The molecule has 1 aliphatic heterocycles. The highest BCUT2D eigenvalue weighted by atomic mass is 16.5. The van der Waals surface area contributed by atoms with E-state index in [1.165, 1.54) is 6.07 Å². The Labute approximate surface area is 93.4 Å². The zero-order valence-electron chi connectivity index (χ0n) is 9.25. The van der Waals surface area contributed by atoms with Crippen LogP contribution in [-0.4, -0.2) is 42.3 Å². The van der Waals surface area contributed by atoms with Gasteiger partial charge in [-0.15, -0.1) is 0 Å². The lowest BCUT2D eigenvalue weighted by molar-refractivity contribution is 0.0806. The van der Waals surface area contributed by atoms with Gasteiger partial charge in [-0.1, -0.05) is 0 Å². The van der Waals surface area contributed by atoms with Crippen molar-refractivity contribution in [2.24, 2.45) is 0 Å². The number of aromatic amines is 1. The third-order valence-corrected chi connectivity index (χ3v) is 2.39. The van der Waals surface area contributed by atoms with Crippen molar-refractivity contribution in [1.82, 2.24) is 15.3 Å². The molecule has 0 radical (unpaired) electrons. The monoisotopic (exact) mass is 224 g/mol. The van der Waals surface area contributed by atoms with Crippen LogP contribution in [-0.2, 0) is 4.74 Å². The molecule has 3 N–H and O–H groups in total. The lowest BCUT2D eigenvalue weighted by Crippen LogP contribution is -2.45. The van der Waals surface area contributed by atoms with Gasteiger partial charge in [0.15, 0.2) is 0 Å². The maximum absolute atomic E-state index is 11.2. The molecule has 6 heteroatoms. The number of hydrogen-bond donors (Lipinski definition) is 3. The number of anilines is 1. The first kappa shape index (κ1) is 11.1. The quantitative estimate of drug-likeness (QED) is 0.644. The number of nitrogens with zero attached hydrogens (tertiary/aromatic N) is 1. The van der Waals surface area contributed by atoms with E-state index >= 15 is 0 Å². The summed E-state index contributed by atoms with van der Waals surface area (Å²) in [4.78, 5) is 18.0. The van der Waals surface area contributed by atoms with Gasteiger partial charge in [0.2, 0.25) is 0 Å². The average molecular weight is 224 g/mol. The van der Waals surface area contributed by atoms with Crippen molar-refractivity contribution in [3.63, 3.8) is 0 Å². The Bertz CT molecular complexity index is 398. The Kier molecular flexibility index (Phi) is 3.53. The second-order valence-corrected chi connectivity index (χ2v) is 3.82. The number of aromatic nitrogens is 2. The molecule has 6 nitrogen and oxygen atoms in total. The number of morpholine rings is 1. The van der Waals surface area contributed by atoms with Gasteiger partial charge in [-0.2, -0.15) is 0 Å².